The van der Waals surface area contributed by atoms with Crippen molar-refractivity contribution in [3.8, 4) is 0 Å². The van der Waals surface area contributed by atoms with E-state index < -0.39 is 11.9 Å². The van der Waals surface area contributed by atoms with Gasteiger partial charge >= 0.3 is 5.97 Å². The first-order chi connectivity index (χ1) is 6.31. The van der Waals surface area contributed by atoms with Crippen molar-refractivity contribution < 1.29 is 14.7 Å². The van der Waals surface area contributed by atoms with Crippen LogP contribution in [0.3, 0.4) is 0 Å². The van der Waals surface area contributed by atoms with Crippen LogP contribution in [-0.2, 0) is 9.59 Å². The monoisotopic (exact) mass is 200 g/mol. The summed E-state index contributed by atoms with van der Waals surface area (Å²) in [7, 11) is 0. The molecule has 0 saturated carbocycles. The van der Waals surface area contributed by atoms with Gasteiger partial charge in [0.15, 0.2) is 0 Å². The molecule has 0 aliphatic heterocycles. The van der Waals surface area contributed by atoms with Crippen molar-refractivity contribution in [3.63, 3.8) is 0 Å². The van der Waals surface area contributed by atoms with E-state index in [0.717, 1.165) is 12.2 Å². The highest BCUT2D eigenvalue weighted by molar-refractivity contribution is 5.93. The van der Waals surface area contributed by atoms with Crippen molar-refractivity contribution in [1.82, 2.24) is 5.32 Å². The molecule has 0 saturated heterocycles. The Morgan fingerprint density at radius 3 is 2.43 bits per heavy atom. The smallest absolute Gasteiger partial charge is 0.328 e. The van der Waals surface area contributed by atoms with Crippen LogP contribution in [0.5, 0.6) is 0 Å². The number of amides is 1. The third-order valence-corrected chi connectivity index (χ3v) is 1.45. The molecular formula is C9H16N2O3. The second-order valence-electron chi connectivity index (χ2n) is 3.70. The summed E-state index contributed by atoms with van der Waals surface area (Å²) in [6.45, 7) is 4.14. The lowest BCUT2D eigenvalue weighted by atomic mass is 10.0. The molecule has 0 radical (unpaired) electrons. The van der Waals surface area contributed by atoms with Crippen LogP contribution in [0, 0.1) is 0 Å². The van der Waals surface area contributed by atoms with Crippen LogP contribution in [-0.4, -0.2) is 29.1 Å². The lowest BCUT2D eigenvalue weighted by Gasteiger charge is -2.17. The van der Waals surface area contributed by atoms with Crippen molar-refractivity contribution in [3.05, 3.63) is 12.2 Å². The molecule has 0 fully saturated rings. The first kappa shape index (κ1) is 12.6. The van der Waals surface area contributed by atoms with Crippen LogP contribution in [0.25, 0.3) is 0 Å². The molecule has 0 rings (SSSR count). The predicted octanol–water partition coefficient (Wildman–Crippen LogP) is -0.129. The minimum Gasteiger partial charge on any atom is -0.478 e. The normalized spacial score (nSPS) is 11.6. The molecule has 0 aromatic rings. The van der Waals surface area contributed by atoms with Gasteiger partial charge in [-0.3, -0.25) is 4.79 Å². The van der Waals surface area contributed by atoms with Crippen LogP contribution in [0.1, 0.15) is 20.3 Å². The highest BCUT2D eigenvalue weighted by Gasteiger charge is 2.09. The van der Waals surface area contributed by atoms with Crippen LogP contribution in [0.4, 0.5) is 0 Å². The molecule has 1 amide bonds. The fraction of sp³-hybridized carbons (Fsp3) is 0.556. The predicted molar refractivity (Wildman–Crippen MR) is 52.7 cm³/mol. The largest absolute Gasteiger partial charge is 0.478 e. The average molecular weight is 200 g/mol. The van der Waals surface area contributed by atoms with Crippen molar-refractivity contribution in [2.24, 2.45) is 5.73 Å². The molecule has 0 aliphatic rings. The van der Waals surface area contributed by atoms with Gasteiger partial charge in [0.2, 0.25) is 5.91 Å². The Morgan fingerprint density at radius 1 is 1.43 bits per heavy atom. The van der Waals surface area contributed by atoms with E-state index in [0.29, 0.717) is 13.0 Å². The number of nitrogens with two attached hydrogens (primary N) is 1. The van der Waals surface area contributed by atoms with E-state index in [1.807, 2.05) is 13.8 Å². The van der Waals surface area contributed by atoms with Crippen LogP contribution in [0.15, 0.2) is 12.2 Å². The van der Waals surface area contributed by atoms with Gasteiger partial charge in [-0.05, 0) is 20.3 Å². The van der Waals surface area contributed by atoms with Crippen LogP contribution < -0.4 is 11.1 Å². The number of carboxylic acid groups (broad SMARTS) is 1. The molecule has 5 heteroatoms. The highest BCUT2D eigenvalue weighted by atomic mass is 16.4. The number of hydrogen-bond acceptors (Lipinski definition) is 3. The van der Waals surface area contributed by atoms with Crippen molar-refractivity contribution >= 4 is 11.9 Å². The van der Waals surface area contributed by atoms with Gasteiger partial charge in [-0.1, -0.05) is 0 Å². The van der Waals surface area contributed by atoms with Gasteiger partial charge in [0.1, 0.15) is 0 Å². The van der Waals surface area contributed by atoms with E-state index in [2.05, 4.69) is 5.32 Å². The fourth-order valence-corrected chi connectivity index (χ4v) is 0.714. The molecule has 0 aromatic carbocycles. The Bertz CT molecular complexity index is 241. The maximum atomic E-state index is 10.9. The van der Waals surface area contributed by atoms with Gasteiger partial charge in [-0.15, -0.1) is 0 Å². The van der Waals surface area contributed by atoms with Crippen molar-refractivity contribution in [2.75, 3.05) is 6.54 Å². The zero-order valence-corrected chi connectivity index (χ0v) is 8.41. The molecule has 0 unspecified atom stereocenters. The number of hydrogen-bond donors (Lipinski definition) is 3. The molecular weight excluding hydrogens is 184 g/mol. The van der Waals surface area contributed by atoms with E-state index in [-0.39, 0.29) is 5.54 Å². The van der Waals surface area contributed by atoms with Crippen molar-refractivity contribution in [2.45, 2.75) is 25.8 Å². The van der Waals surface area contributed by atoms with E-state index in [1.165, 1.54) is 0 Å². The number of carbonyl (C=O) groups is 2. The Labute approximate surface area is 83.0 Å². The fourth-order valence-electron chi connectivity index (χ4n) is 0.714. The molecule has 0 heterocycles. The molecule has 0 bridgehead atoms. The molecule has 5 nitrogen and oxygen atoms in total. The number of nitrogens with one attached hydrogen (secondary N) is 1. The third-order valence-electron chi connectivity index (χ3n) is 1.45. The molecule has 0 aliphatic carbocycles. The second-order valence-corrected chi connectivity index (χ2v) is 3.70. The Balaban J connectivity index is 3.71. The minimum absolute atomic E-state index is 0.330. The average Bonchev–Trinajstić information content (AvgIpc) is 1.98. The maximum Gasteiger partial charge on any atom is 0.328 e. The molecule has 80 valence electrons. The van der Waals surface area contributed by atoms with Crippen LogP contribution >= 0.6 is 0 Å². The summed E-state index contributed by atoms with van der Waals surface area (Å²) in [5.41, 5.74) is 5.35. The van der Waals surface area contributed by atoms with Gasteiger partial charge in [0, 0.05) is 24.2 Å². The highest BCUT2D eigenvalue weighted by Crippen LogP contribution is 2.00. The molecule has 0 spiro atoms. The van der Waals surface area contributed by atoms with Gasteiger partial charge < -0.3 is 16.2 Å². The standard InChI is InChI=1S/C9H16N2O3/c1-9(2,10)5-6-11-7(12)3-4-8(13)14/h3-4H,5-6,10H2,1-2H3,(H,11,12)(H,13,14). The summed E-state index contributed by atoms with van der Waals surface area (Å²) in [6, 6.07) is 0. The maximum absolute atomic E-state index is 10.9. The molecule has 14 heavy (non-hydrogen) atoms. The summed E-state index contributed by atoms with van der Waals surface area (Å²) in [5.74, 6) is -1.56. The molecule has 0 aromatic heterocycles. The lowest BCUT2D eigenvalue weighted by molar-refractivity contribution is -0.131. The quantitative estimate of drug-likeness (QED) is 0.539. The number of rotatable bonds is 5. The van der Waals surface area contributed by atoms with Gasteiger partial charge in [-0.25, -0.2) is 4.79 Å². The summed E-state index contributed by atoms with van der Waals surface area (Å²) < 4.78 is 0. The minimum atomic E-state index is -1.14. The summed E-state index contributed by atoms with van der Waals surface area (Å²) in [6.07, 6.45) is 2.41. The Kier molecular flexibility index (Phi) is 4.86. The molecule has 4 N–H and O–H groups in total. The van der Waals surface area contributed by atoms with Crippen LogP contribution in [0.2, 0.25) is 0 Å². The Morgan fingerprint density at radius 2 is 2.00 bits per heavy atom. The second kappa shape index (κ2) is 5.39. The number of carboxylic acids is 1. The van der Waals surface area contributed by atoms with Crippen molar-refractivity contribution in [1.29, 1.82) is 0 Å². The van der Waals surface area contributed by atoms with Gasteiger partial charge in [0.25, 0.3) is 0 Å². The molecule has 0 atom stereocenters. The Hall–Kier alpha value is -1.36. The van der Waals surface area contributed by atoms with E-state index in [4.69, 9.17) is 10.8 Å². The summed E-state index contributed by atoms with van der Waals surface area (Å²) in [5, 5.41) is 10.8. The zero-order valence-electron chi connectivity index (χ0n) is 8.41. The number of carbonyl (C=O) groups excluding carboxylic acids is 1. The zero-order chi connectivity index (χ0) is 11.2. The first-order valence-electron chi connectivity index (χ1n) is 4.29. The van der Waals surface area contributed by atoms with E-state index in [1.54, 1.807) is 0 Å². The summed E-state index contributed by atoms with van der Waals surface area (Å²) >= 11 is 0. The van der Waals surface area contributed by atoms with Gasteiger partial charge in [-0.2, -0.15) is 0 Å². The topological polar surface area (TPSA) is 92.4 Å². The summed E-state index contributed by atoms with van der Waals surface area (Å²) in [4.78, 5) is 21.0. The van der Waals surface area contributed by atoms with E-state index in [9.17, 15) is 9.59 Å². The number of aliphatic carboxylic acids is 1. The van der Waals surface area contributed by atoms with E-state index >= 15 is 0 Å². The van der Waals surface area contributed by atoms with Gasteiger partial charge in [0.05, 0.1) is 0 Å². The third kappa shape index (κ3) is 8.73. The lowest BCUT2D eigenvalue weighted by Crippen LogP contribution is -2.36. The SMILES string of the molecule is CC(C)(N)CCNC(=O)C=CC(=O)O. The first-order valence-corrected chi connectivity index (χ1v) is 4.29.